The fourth-order valence-electron chi connectivity index (χ4n) is 2.12. The molecule has 0 aliphatic carbocycles. The standard InChI is InChI=1S/C18H20ClNO2/c1-4-14-10-15(7-8-16(14)19)22-11-18(21)20-17-9-12(2)5-6-13(17)3/h5-10H,4,11H2,1-3H3,(H,20,21). The minimum atomic E-state index is -0.179. The number of ether oxygens (including phenoxy) is 1. The van der Waals surface area contributed by atoms with E-state index in [1.165, 1.54) is 0 Å². The lowest BCUT2D eigenvalue weighted by Crippen LogP contribution is -2.20. The van der Waals surface area contributed by atoms with Crippen LogP contribution in [0.1, 0.15) is 23.6 Å². The van der Waals surface area contributed by atoms with Crippen LogP contribution in [0.25, 0.3) is 0 Å². The molecule has 0 aliphatic rings. The molecule has 0 atom stereocenters. The van der Waals surface area contributed by atoms with Gasteiger partial charge in [0, 0.05) is 10.7 Å². The fraction of sp³-hybridized carbons (Fsp3) is 0.278. The van der Waals surface area contributed by atoms with Gasteiger partial charge in [0.05, 0.1) is 0 Å². The summed E-state index contributed by atoms with van der Waals surface area (Å²) in [5.74, 6) is 0.471. The normalized spacial score (nSPS) is 10.4. The monoisotopic (exact) mass is 317 g/mol. The van der Waals surface area contributed by atoms with E-state index < -0.39 is 0 Å². The number of carbonyl (C=O) groups is 1. The van der Waals surface area contributed by atoms with Crippen molar-refractivity contribution in [2.24, 2.45) is 0 Å². The Labute approximate surface area is 136 Å². The first-order chi connectivity index (χ1) is 10.5. The molecule has 0 heterocycles. The van der Waals surface area contributed by atoms with Crippen molar-refractivity contribution in [2.75, 3.05) is 11.9 Å². The Bertz CT molecular complexity index is 683. The van der Waals surface area contributed by atoms with E-state index in [-0.39, 0.29) is 12.5 Å². The van der Waals surface area contributed by atoms with Crippen LogP contribution >= 0.6 is 11.6 Å². The Kier molecular flexibility index (Phi) is 5.45. The lowest BCUT2D eigenvalue weighted by atomic mass is 10.1. The van der Waals surface area contributed by atoms with E-state index >= 15 is 0 Å². The number of hydrogen-bond donors (Lipinski definition) is 1. The molecule has 2 rings (SSSR count). The lowest BCUT2D eigenvalue weighted by Gasteiger charge is -2.11. The highest BCUT2D eigenvalue weighted by molar-refractivity contribution is 6.31. The van der Waals surface area contributed by atoms with E-state index in [0.717, 1.165) is 33.8 Å². The minimum absolute atomic E-state index is 0.0296. The van der Waals surface area contributed by atoms with E-state index in [1.807, 2.05) is 45.0 Å². The largest absolute Gasteiger partial charge is 0.484 e. The summed E-state index contributed by atoms with van der Waals surface area (Å²) in [5.41, 5.74) is 3.96. The highest BCUT2D eigenvalue weighted by atomic mass is 35.5. The van der Waals surface area contributed by atoms with Crippen LogP contribution in [0, 0.1) is 13.8 Å². The summed E-state index contributed by atoms with van der Waals surface area (Å²) in [4.78, 5) is 12.0. The second-order valence-corrected chi connectivity index (χ2v) is 5.67. The molecule has 0 saturated heterocycles. The Morgan fingerprint density at radius 3 is 2.68 bits per heavy atom. The van der Waals surface area contributed by atoms with Crippen molar-refractivity contribution in [1.29, 1.82) is 0 Å². The molecule has 22 heavy (non-hydrogen) atoms. The number of halogens is 1. The first kappa shape index (κ1) is 16.4. The van der Waals surface area contributed by atoms with Crippen LogP contribution in [0.4, 0.5) is 5.69 Å². The third kappa shape index (κ3) is 4.25. The predicted octanol–water partition coefficient (Wildman–Crippen LogP) is 4.54. The zero-order chi connectivity index (χ0) is 16.1. The second kappa shape index (κ2) is 7.32. The van der Waals surface area contributed by atoms with Gasteiger partial charge in [-0.3, -0.25) is 4.79 Å². The van der Waals surface area contributed by atoms with Gasteiger partial charge in [0.2, 0.25) is 0 Å². The van der Waals surface area contributed by atoms with Crippen molar-refractivity contribution < 1.29 is 9.53 Å². The van der Waals surface area contributed by atoms with E-state index in [1.54, 1.807) is 12.1 Å². The molecule has 1 amide bonds. The molecule has 0 saturated carbocycles. The molecule has 0 spiro atoms. The van der Waals surface area contributed by atoms with Crippen molar-refractivity contribution in [3.8, 4) is 5.75 Å². The van der Waals surface area contributed by atoms with Crippen LogP contribution in [0.3, 0.4) is 0 Å². The molecule has 0 aromatic heterocycles. The number of hydrogen-bond acceptors (Lipinski definition) is 2. The van der Waals surface area contributed by atoms with Gasteiger partial charge in [0.25, 0.3) is 5.91 Å². The molecule has 0 aliphatic heterocycles. The molecule has 4 heteroatoms. The number of anilines is 1. The van der Waals surface area contributed by atoms with Crippen LogP contribution in [0.2, 0.25) is 5.02 Å². The van der Waals surface area contributed by atoms with Crippen molar-refractivity contribution in [2.45, 2.75) is 27.2 Å². The Hall–Kier alpha value is -2.00. The highest BCUT2D eigenvalue weighted by Crippen LogP contribution is 2.22. The molecule has 3 nitrogen and oxygen atoms in total. The molecule has 0 fully saturated rings. The number of carbonyl (C=O) groups excluding carboxylic acids is 1. The van der Waals surface area contributed by atoms with Crippen LogP contribution in [-0.4, -0.2) is 12.5 Å². The first-order valence-electron chi connectivity index (χ1n) is 7.28. The topological polar surface area (TPSA) is 38.3 Å². The first-order valence-corrected chi connectivity index (χ1v) is 7.65. The van der Waals surface area contributed by atoms with Crippen molar-refractivity contribution >= 4 is 23.2 Å². The molecular formula is C18H20ClNO2. The maximum atomic E-state index is 12.0. The van der Waals surface area contributed by atoms with Gasteiger partial charge >= 0.3 is 0 Å². The molecule has 2 aromatic rings. The van der Waals surface area contributed by atoms with Crippen LogP contribution < -0.4 is 10.1 Å². The van der Waals surface area contributed by atoms with Gasteiger partial charge in [-0.25, -0.2) is 0 Å². The average molecular weight is 318 g/mol. The predicted molar refractivity (Wildman–Crippen MR) is 90.9 cm³/mol. The molecule has 0 radical (unpaired) electrons. The fourth-order valence-corrected chi connectivity index (χ4v) is 2.37. The summed E-state index contributed by atoms with van der Waals surface area (Å²) < 4.78 is 5.54. The number of benzene rings is 2. The molecule has 1 N–H and O–H groups in total. The summed E-state index contributed by atoms with van der Waals surface area (Å²) in [6.07, 6.45) is 0.824. The maximum Gasteiger partial charge on any atom is 0.262 e. The molecule has 2 aromatic carbocycles. The highest BCUT2D eigenvalue weighted by Gasteiger charge is 2.07. The Morgan fingerprint density at radius 2 is 1.95 bits per heavy atom. The molecule has 0 unspecified atom stereocenters. The SMILES string of the molecule is CCc1cc(OCC(=O)Nc2cc(C)ccc2C)ccc1Cl. The molecular weight excluding hydrogens is 298 g/mol. The van der Waals surface area contributed by atoms with Crippen LogP contribution in [0.5, 0.6) is 5.75 Å². The van der Waals surface area contributed by atoms with Gasteiger partial charge in [-0.1, -0.05) is 30.7 Å². The van der Waals surface area contributed by atoms with Crippen molar-refractivity contribution in [3.63, 3.8) is 0 Å². The number of rotatable bonds is 5. The maximum absolute atomic E-state index is 12.0. The second-order valence-electron chi connectivity index (χ2n) is 5.26. The van der Waals surface area contributed by atoms with E-state index in [0.29, 0.717) is 5.75 Å². The average Bonchev–Trinajstić information content (AvgIpc) is 2.50. The molecule has 0 bridgehead atoms. The van der Waals surface area contributed by atoms with Gasteiger partial charge < -0.3 is 10.1 Å². The zero-order valence-corrected chi connectivity index (χ0v) is 13.8. The van der Waals surface area contributed by atoms with E-state index in [2.05, 4.69) is 5.32 Å². The summed E-state index contributed by atoms with van der Waals surface area (Å²) in [6.45, 7) is 5.95. The van der Waals surface area contributed by atoms with E-state index in [4.69, 9.17) is 16.3 Å². The lowest BCUT2D eigenvalue weighted by molar-refractivity contribution is -0.118. The van der Waals surface area contributed by atoms with Gasteiger partial charge in [-0.05, 0) is 61.2 Å². The van der Waals surface area contributed by atoms with Crippen LogP contribution in [0.15, 0.2) is 36.4 Å². The third-order valence-electron chi connectivity index (χ3n) is 3.44. The zero-order valence-electron chi connectivity index (χ0n) is 13.1. The third-order valence-corrected chi connectivity index (χ3v) is 3.80. The summed E-state index contributed by atoms with van der Waals surface area (Å²) in [6, 6.07) is 11.4. The number of nitrogens with one attached hydrogen (secondary N) is 1. The number of amides is 1. The number of aryl methyl sites for hydroxylation is 3. The van der Waals surface area contributed by atoms with Gasteiger partial charge in [-0.2, -0.15) is 0 Å². The summed E-state index contributed by atoms with van der Waals surface area (Å²) >= 11 is 6.06. The summed E-state index contributed by atoms with van der Waals surface area (Å²) in [5, 5.41) is 3.59. The van der Waals surface area contributed by atoms with Crippen molar-refractivity contribution in [3.05, 3.63) is 58.1 Å². The smallest absolute Gasteiger partial charge is 0.262 e. The van der Waals surface area contributed by atoms with Gasteiger partial charge in [0.1, 0.15) is 5.75 Å². The van der Waals surface area contributed by atoms with Crippen molar-refractivity contribution in [1.82, 2.24) is 0 Å². The minimum Gasteiger partial charge on any atom is -0.484 e. The van der Waals surface area contributed by atoms with E-state index in [9.17, 15) is 4.79 Å². The Balaban J connectivity index is 1.97. The quantitative estimate of drug-likeness (QED) is 0.879. The Morgan fingerprint density at radius 1 is 1.18 bits per heavy atom. The van der Waals surface area contributed by atoms with Gasteiger partial charge in [-0.15, -0.1) is 0 Å². The summed E-state index contributed by atoms with van der Waals surface area (Å²) in [7, 11) is 0. The molecule has 116 valence electrons. The van der Waals surface area contributed by atoms with Gasteiger partial charge in [0.15, 0.2) is 6.61 Å². The van der Waals surface area contributed by atoms with Crippen LogP contribution in [-0.2, 0) is 11.2 Å².